The van der Waals surface area contributed by atoms with Crippen LogP contribution in [-0.2, 0) is 0 Å². The SMILES string of the molecule is CC(N)CNC1CCN(C)C1. The lowest BCUT2D eigenvalue weighted by molar-refractivity contribution is 0.396. The van der Waals surface area contributed by atoms with Crippen LogP contribution < -0.4 is 11.1 Å². The van der Waals surface area contributed by atoms with Crippen molar-refractivity contribution in [2.24, 2.45) is 5.73 Å². The summed E-state index contributed by atoms with van der Waals surface area (Å²) >= 11 is 0. The second-order valence-electron chi connectivity index (χ2n) is 3.63. The standard InChI is InChI=1S/C8H19N3/c1-7(9)5-10-8-3-4-11(2)6-8/h7-8,10H,3-6,9H2,1-2H3. The van der Waals surface area contributed by atoms with E-state index in [1.165, 1.54) is 19.5 Å². The van der Waals surface area contributed by atoms with E-state index in [1.807, 2.05) is 6.92 Å². The molecule has 1 fully saturated rings. The van der Waals surface area contributed by atoms with Gasteiger partial charge in [-0.15, -0.1) is 0 Å². The Labute approximate surface area is 68.9 Å². The molecule has 2 atom stereocenters. The third-order valence-electron chi connectivity index (χ3n) is 2.12. The number of likely N-dealkylation sites (N-methyl/N-ethyl adjacent to an activating group) is 1. The summed E-state index contributed by atoms with van der Waals surface area (Å²) < 4.78 is 0. The summed E-state index contributed by atoms with van der Waals surface area (Å²) in [7, 11) is 2.16. The zero-order chi connectivity index (χ0) is 8.27. The third kappa shape index (κ3) is 3.18. The van der Waals surface area contributed by atoms with Crippen LogP contribution >= 0.6 is 0 Å². The second-order valence-corrected chi connectivity index (χ2v) is 3.63. The van der Waals surface area contributed by atoms with Gasteiger partial charge in [0, 0.05) is 25.2 Å². The van der Waals surface area contributed by atoms with Gasteiger partial charge in [-0.3, -0.25) is 0 Å². The molecule has 1 rings (SSSR count). The Morgan fingerprint density at radius 2 is 2.45 bits per heavy atom. The molecule has 3 N–H and O–H groups in total. The van der Waals surface area contributed by atoms with Gasteiger partial charge in [0.15, 0.2) is 0 Å². The zero-order valence-electron chi connectivity index (χ0n) is 7.51. The summed E-state index contributed by atoms with van der Waals surface area (Å²) in [5.74, 6) is 0. The van der Waals surface area contributed by atoms with E-state index in [4.69, 9.17) is 5.73 Å². The molecule has 0 aromatic carbocycles. The zero-order valence-corrected chi connectivity index (χ0v) is 7.51. The van der Waals surface area contributed by atoms with E-state index in [0.717, 1.165) is 6.54 Å². The molecule has 0 saturated carbocycles. The average Bonchev–Trinajstić information content (AvgIpc) is 2.31. The Morgan fingerprint density at radius 3 is 2.91 bits per heavy atom. The van der Waals surface area contributed by atoms with Crippen LogP contribution in [0.2, 0.25) is 0 Å². The fraction of sp³-hybridized carbons (Fsp3) is 1.00. The van der Waals surface area contributed by atoms with Gasteiger partial charge in [0.1, 0.15) is 0 Å². The number of rotatable bonds is 3. The Hall–Kier alpha value is -0.120. The van der Waals surface area contributed by atoms with Crippen LogP contribution in [0.15, 0.2) is 0 Å². The molecule has 2 unspecified atom stereocenters. The number of nitrogens with one attached hydrogen (secondary N) is 1. The Kier molecular flexibility index (Phi) is 3.30. The van der Waals surface area contributed by atoms with Gasteiger partial charge < -0.3 is 16.0 Å². The minimum Gasteiger partial charge on any atom is -0.327 e. The highest BCUT2D eigenvalue weighted by Crippen LogP contribution is 2.05. The van der Waals surface area contributed by atoms with Gasteiger partial charge in [-0.25, -0.2) is 0 Å². The molecule has 0 aromatic heterocycles. The first-order valence-electron chi connectivity index (χ1n) is 4.36. The third-order valence-corrected chi connectivity index (χ3v) is 2.12. The molecule has 0 bridgehead atoms. The number of hydrogen-bond acceptors (Lipinski definition) is 3. The van der Waals surface area contributed by atoms with Crippen LogP contribution in [0, 0.1) is 0 Å². The number of hydrogen-bond donors (Lipinski definition) is 2. The van der Waals surface area contributed by atoms with Crippen molar-refractivity contribution in [1.82, 2.24) is 10.2 Å². The molecule has 11 heavy (non-hydrogen) atoms. The summed E-state index contributed by atoms with van der Waals surface area (Å²) in [6, 6.07) is 0.951. The van der Waals surface area contributed by atoms with Gasteiger partial charge in [-0.05, 0) is 26.9 Å². The Bertz CT molecular complexity index is 114. The molecule has 1 aliphatic rings. The molecule has 0 spiro atoms. The van der Waals surface area contributed by atoms with E-state index in [2.05, 4.69) is 17.3 Å². The van der Waals surface area contributed by atoms with Crippen LogP contribution in [0.25, 0.3) is 0 Å². The van der Waals surface area contributed by atoms with Crippen molar-refractivity contribution in [2.45, 2.75) is 25.4 Å². The summed E-state index contributed by atoms with van der Waals surface area (Å²) in [6.45, 7) is 5.37. The predicted molar refractivity (Wildman–Crippen MR) is 47.6 cm³/mol. The summed E-state index contributed by atoms with van der Waals surface area (Å²) in [5.41, 5.74) is 5.63. The maximum atomic E-state index is 5.63. The first kappa shape index (κ1) is 8.97. The lowest BCUT2D eigenvalue weighted by Crippen LogP contribution is -2.39. The fourth-order valence-electron chi connectivity index (χ4n) is 1.45. The molecule has 3 heteroatoms. The molecule has 3 nitrogen and oxygen atoms in total. The smallest absolute Gasteiger partial charge is 0.0207 e. The summed E-state index contributed by atoms with van der Waals surface area (Å²) in [6.07, 6.45) is 1.27. The monoisotopic (exact) mass is 157 g/mol. The summed E-state index contributed by atoms with van der Waals surface area (Å²) in [4.78, 5) is 2.35. The van der Waals surface area contributed by atoms with E-state index in [0.29, 0.717) is 6.04 Å². The molecule has 1 heterocycles. The number of likely N-dealkylation sites (tertiary alicyclic amines) is 1. The van der Waals surface area contributed by atoms with Crippen LogP contribution in [0.4, 0.5) is 0 Å². The van der Waals surface area contributed by atoms with Crippen LogP contribution in [0.3, 0.4) is 0 Å². The van der Waals surface area contributed by atoms with E-state index in [1.54, 1.807) is 0 Å². The molecule has 0 aliphatic carbocycles. The van der Waals surface area contributed by atoms with E-state index in [-0.39, 0.29) is 6.04 Å². The van der Waals surface area contributed by atoms with E-state index >= 15 is 0 Å². The lowest BCUT2D eigenvalue weighted by atomic mass is 10.2. The molecule has 0 radical (unpaired) electrons. The summed E-state index contributed by atoms with van der Waals surface area (Å²) in [5, 5.41) is 3.44. The fourth-order valence-corrected chi connectivity index (χ4v) is 1.45. The van der Waals surface area contributed by atoms with Gasteiger partial charge in [-0.1, -0.05) is 0 Å². The largest absolute Gasteiger partial charge is 0.327 e. The molecule has 0 amide bonds. The van der Waals surface area contributed by atoms with Crippen molar-refractivity contribution in [3.63, 3.8) is 0 Å². The van der Waals surface area contributed by atoms with Crippen molar-refractivity contribution in [3.8, 4) is 0 Å². The lowest BCUT2D eigenvalue weighted by Gasteiger charge is -2.14. The van der Waals surface area contributed by atoms with Crippen molar-refractivity contribution >= 4 is 0 Å². The highest BCUT2D eigenvalue weighted by Gasteiger charge is 2.18. The number of nitrogens with zero attached hydrogens (tertiary/aromatic N) is 1. The van der Waals surface area contributed by atoms with Crippen molar-refractivity contribution < 1.29 is 0 Å². The molecule has 1 aliphatic heterocycles. The van der Waals surface area contributed by atoms with Crippen molar-refractivity contribution in [3.05, 3.63) is 0 Å². The Morgan fingerprint density at radius 1 is 1.73 bits per heavy atom. The molecule has 66 valence electrons. The Balaban J connectivity index is 2.08. The molecular weight excluding hydrogens is 138 g/mol. The first-order valence-corrected chi connectivity index (χ1v) is 4.36. The minimum atomic E-state index is 0.279. The first-order chi connectivity index (χ1) is 5.18. The second kappa shape index (κ2) is 4.04. The average molecular weight is 157 g/mol. The highest BCUT2D eigenvalue weighted by molar-refractivity contribution is 4.79. The topological polar surface area (TPSA) is 41.3 Å². The van der Waals surface area contributed by atoms with Crippen LogP contribution in [-0.4, -0.2) is 43.7 Å². The van der Waals surface area contributed by atoms with Gasteiger partial charge in [0.05, 0.1) is 0 Å². The molecular formula is C8H19N3. The number of nitrogens with two attached hydrogens (primary N) is 1. The minimum absolute atomic E-state index is 0.279. The van der Waals surface area contributed by atoms with E-state index < -0.39 is 0 Å². The predicted octanol–water partition coefficient (Wildman–Crippen LogP) is -0.373. The molecule has 1 saturated heterocycles. The van der Waals surface area contributed by atoms with Gasteiger partial charge >= 0.3 is 0 Å². The van der Waals surface area contributed by atoms with Crippen LogP contribution in [0.1, 0.15) is 13.3 Å². The molecule has 0 aromatic rings. The van der Waals surface area contributed by atoms with Crippen molar-refractivity contribution in [1.29, 1.82) is 0 Å². The van der Waals surface area contributed by atoms with Gasteiger partial charge in [0.25, 0.3) is 0 Å². The quantitative estimate of drug-likeness (QED) is 0.587. The van der Waals surface area contributed by atoms with Crippen LogP contribution in [0.5, 0.6) is 0 Å². The van der Waals surface area contributed by atoms with Crippen molar-refractivity contribution in [2.75, 3.05) is 26.7 Å². The maximum Gasteiger partial charge on any atom is 0.0207 e. The highest BCUT2D eigenvalue weighted by atomic mass is 15.2. The van der Waals surface area contributed by atoms with Gasteiger partial charge in [0.2, 0.25) is 0 Å². The maximum absolute atomic E-state index is 5.63. The van der Waals surface area contributed by atoms with Gasteiger partial charge in [-0.2, -0.15) is 0 Å². The normalized spacial score (nSPS) is 29.2. The van der Waals surface area contributed by atoms with E-state index in [9.17, 15) is 0 Å².